The van der Waals surface area contributed by atoms with Crippen molar-refractivity contribution in [3.63, 3.8) is 0 Å². The van der Waals surface area contributed by atoms with Crippen molar-refractivity contribution in [2.75, 3.05) is 6.54 Å². The summed E-state index contributed by atoms with van der Waals surface area (Å²) in [7, 11) is 0. The zero-order valence-corrected chi connectivity index (χ0v) is 14.1. The van der Waals surface area contributed by atoms with Crippen LogP contribution in [0.3, 0.4) is 0 Å². The lowest BCUT2D eigenvalue weighted by Gasteiger charge is -2.17. The van der Waals surface area contributed by atoms with Crippen LogP contribution in [-0.4, -0.2) is 12.5 Å². The Morgan fingerprint density at radius 1 is 1.00 bits per heavy atom. The minimum atomic E-state index is -0.152. The SMILES string of the molecule is CCCCc1cccc2c1C(C(=O)NCCC)c1ccccc1-2. The molecule has 120 valence electrons. The van der Waals surface area contributed by atoms with Crippen molar-refractivity contribution in [2.24, 2.45) is 0 Å². The van der Waals surface area contributed by atoms with Crippen LogP contribution in [-0.2, 0) is 11.2 Å². The van der Waals surface area contributed by atoms with E-state index in [-0.39, 0.29) is 11.8 Å². The third-order valence-electron chi connectivity index (χ3n) is 4.66. The Morgan fingerprint density at radius 3 is 2.57 bits per heavy atom. The zero-order valence-electron chi connectivity index (χ0n) is 14.1. The van der Waals surface area contributed by atoms with Crippen LogP contribution in [0, 0.1) is 0 Å². The van der Waals surface area contributed by atoms with Crippen molar-refractivity contribution < 1.29 is 4.79 Å². The van der Waals surface area contributed by atoms with Crippen molar-refractivity contribution in [2.45, 2.75) is 45.4 Å². The van der Waals surface area contributed by atoms with Crippen LogP contribution in [0.4, 0.5) is 0 Å². The fourth-order valence-corrected chi connectivity index (χ4v) is 3.55. The lowest BCUT2D eigenvalue weighted by atomic mass is 9.90. The van der Waals surface area contributed by atoms with Gasteiger partial charge in [-0.15, -0.1) is 0 Å². The van der Waals surface area contributed by atoms with Gasteiger partial charge in [0, 0.05) is 6.54 Å². The average Bonchev–Trinajstić information content (AvgIpc) is 2.93. The number of fused-ring (bicyclic) bond motifs is 3. The maximum Gasteiger partial charge on any atom is 0.232 e. The maximum atomic E-state index is 12.8. The lowest BCUT2D eigenvalue weighted by Crippen LogP contribution is -2.30. The standard InChI is InChI=1S/C21H25NO/c1-3-5-9-15-10-8-13-17-16-11-6-7-12-18(16)20(19(15)17)21(23)22-14-4-2/h6-8,10-13,20H,3-5,9,14H2,1-2H3,(H,22,23). The fourth-order valence-electron chi connectivity index (χ4n) is 3.55. The molecule has 0 spiro atoms. The Balaban J connectivity index is 2.08. The van der Waals surface area contributed by atoms with Crippen molar-refractivity contribution in [1.82, 2.24) is 5.32 Å². The molecule has 1 aliphatic rings. The Hall–Kier alpha value is -2.09. The summed E-state index contributed by atoms with van der Waals surface area (Å²) in [5.74, 6) is -0.0113. The molecule has 0 heterocycles. The van der Waals surface area contributed by atoms with Gasteiger partial charge in [-0.2, -0.15) is 0 Å². The normalized spacial score (nSPS) is 15.1. The van der Waals surface area contributed by atoms with Gasteiger partial charge in [-0.3, -0.25) is 4.79 Å². The predicted molar refractivity (Wildman–Crippen MR) is 95.6 cm³/mol. The highest BCUT2D eigenvalue weighted by Gasteiger charge is 2.34. The summed E-state index contributed by atoms with van der Waals surface area (Å²) in [5.41, 5.74) is 6.18. The molecule has 0 radical (unpaired) electrons. The molecule has 0 saturated heterocycles. The zero-order chi connectivity index (χ0) is 16.2. The molecule has 2 aromatic rings. The summed E-state index contributed by atoms with van der Waals surface area (Å²) in [6, 6.07) is 14.8. The van der Waals surface area contributed by atoms with E-state index in [0.717, 1.165) is 31.4 Å². The largest absolute Gasteiger partial charge is 0.355 e. The Kier molecular flexibility index (Phi) is 4.80. The van der Waals surface area contributed by atoms with Crippen molar-refractivity contribution >= 4 is 5.91 Å². The van der Waals surface area contributed by atoms with Crippen LogP contribution < -0.4 is 5.32 Å². The second kappa shape index (κ2) is 6.99. The predicted octanol–water partition coefficient (Wildman–Crippen LogP) is 4.67. The van der Waals surface area contributed by atoms with Crippen LogP contribution in [0.2, 0.25) is 0 Å². The molecule has 3 rings (SSSR count). The summed E-state index contributed by atoms with van der Waals surface area (Å²) < 4.78 is 0. The quantitative estimate of drug-likeness (QED) is 0.825. The van der Waals surface area contributed by atoms with Gasteiger partial charge in [0.15, 0.2) is 0 Å². The lowest BCUT2D eigenvalue weighted by molar-refractivity contribution is -0.121. The second-order valence-corrected chi connectivity index (χ2v) is 6.29. The summed E-state index contributed by atoms with van der Waals surface area (Å²) in [6.07, 6.45) is 4.34. The average molecular weight is 307 g/mol. The fraction of sp³-hybridized carbons (Fsp3) is 0.381. The Labute approximate surface area is 138 Å². The van der Waals surface area contributed by atoms with E-state index in [9.17, 15) is 4.79 Å². The summed E-state index contributed by atoms with van der Waals surface area (Å²) in [6.45, 7) is 5.04. The molecule has 1 unspecified atom stereocenters. The molecule has 23 heavy (non-hydrogen) atoms. The molecule has 1 atom stereocenters. The number of amides is 1. The second-order valence-electron chi connectivity index (χ2n) is 6.29. The highest BCUT2D eigenvalue weighted by Crippen LogP contribution is 2.46. The minimum Gasteiger partial charge on any atom is -0.355 e. The van der Waals surface area contributed by atoms with Crippen LogP contribution in [0.15, 0.2) is 42.5 Å². The monoisotopic (exact) mass is 307 g/mol. The molecule has 1 aliphatic carbocycles. The van der Waals surface area contributed by atoms with Crippen molar-refractivity contribution in [1.29, 1.82) is 0 Å². The van der Waals surface area contributed by atoms with Gasteiger partial charge in [-0.05, 0) is 47.1 Å². The number of nitrogens with one attached hydrogen (secondary N) is 1. The molecule has 0 bridgehead atoms. The smallest absolute Gasteiger partial charge is 0.232 e. The minimum absolute atomic E-state index is 0.141. The molecule has 0 aliphatic heterocycles. The molecular weight excluding hydrogens is 282 g/mol. The van der Waals surface area contributed by atoms with E-state index in [4.69, 9.17) is 0 Å². The summed E-state index contributed by atoms with van der Waals surface area (Å²) in [4.78, 5) is 12.8. The van der Waals surface area contributed by atoms with Gasteiger partial charge < -0.3 is 5.32 Å². The Morgan fingerprint density at radius 2 is 1.78 bits per heavy atom. The highest BCUT2D eigenvalue weighted by atomic mass is 16.1. The molecule has 2 aromatic carbocycles. The number of benzene rings is 2. The van der Waals surface area contributed by atoms with Gasteiger partial charge >= 0.3 is 0 Å². The topological polar surface area (TPSA) is 29.1 Å². The number of hydrogen-bond donors (Lipinski definition) is 1. The number of carbonyl (C=O) groups excluding carboxylic acids is 1. The molecule has 1 amide bonds. The molecule has 0 aromatic heterocycles. The molecular formula is C21H25NO. The van der Waals surface area contributed by atoms with Crippen LogP contribution in [0.1, 0.15) is 55.7 Å². The van der Waals surface area contributed by atoms with E-state index < -0.39 is 0 Å². The van der Waals surface area contributed by atoms with Gasteiger partial charge in [0.05, 0.1) is 5.92 Å². The van der Waals surface area contributed by atoms with Gasteiger partial charge in [-0.1, -0.05) is 62.7 Å². The van der Waals surface area contributed by atoms with E-state index in [1.165, 1.54) is 28.7 Å². The van der Waals surface area contributed by atoms with Crippen molar-refractivity contribution in [3.05, 3.63) is 59.2 Å². The summed E-state index contributed by atoms with van der Waals surface area (Å²) >= 11 is 0. The third kappa shape index (κ3) is 2.90. The number of aryl methyl sites for hydroxylation is 1. The Bertz CT molecular complexity index is 705. The number of hydrogen-bond acceptors (Lipinski definition) is 1. The van der Waals surface area contributed by atoms with E-state index in [1.54, 1.807) is 0 Å². The third-order valence-corrected chi connectivity index (χ3v) is 4.66. The van der Waals surface area contributed by atoms with Crippen molar-refractivity contribution in [3.8, 4) is 11.1 Å². The first kappa shape index (κ1) is 15.8. The van der Waals surface area contributed by atoms with Crippen LogP contribution in [0.5, 0.6) is 0 Å². The number of unbranched alkanes of at least 4 members (excludes halogenated alkanes) is 1. The molecule has 0 fully saturated rings. The van der Waals surface area contributed by atoms with Gasteiger partial charge in [0.25, 0.3) is 0 Å². The number of rotatable bonds is 6. The maximum absolute atomic E-state index is 12.8. The molecule has 0 saturated carbocycles. The van der Waals surface area contributed by atoms with Crippen LogP contribution in [0.25, 0.3) is 11.1 Å². The van der Waals surface area contributed by atoms with Crippen LogP contribution >= 0.6 is 0 Å². The van der Waals surface area contributed by atoms with E-state index in [0.29, 0.717) is 0 Å². The van der Waals surface area contributed by atoms with Gasteiger partial charge in [-0.25, -0.2) is 0 Å². The summed E-state index contributed by atoms with van der Waals surface area (Å²) in [5, 5.41) is 3.10. The molecule has 2 nitrogen and oxygen atoms in total. The van der Waals surface area contributed by atoms with E-state index in [2.05, 4.69) is 55.6 Å². The first-order valence-corrected chi connectivity index (χ1v) is 8.76. The van der Waals surface area contributed by atoms with E-state index in [1.807, 2.05) is 6.07 Å². The van der Waals surface area contributed by atoms with E-state index >= 15 is 0 Å². The molecule has 2 heteroatoms. The number of carbonyl (C=O) groups is 1. The van der Waals surface area contributed by atoms with Gasteiger partial charge in [0.2, 0.25) is 5.91 Å². The highest BCUT2D eigenvalue weighted by molar-refractivity contribution is 5.96. The first-order chi connectivity index (χ1) is 11.3. The first-order valence-electron chi connectivity index (χ1n) is 8.76. The van der Waals surface area contributed by atoms with Gasteiger partial charge in [0.1, 0.15) is 0 Å². The molecule has 1 N–H and O–H groups in total.